The molecule has 2 atom stereocenters. The first-order valence-electron chi connectivity index (χ1n) is 16.9. The third kappa shape index (κ3) is 6.73. The number of nitrogens with zero attached hydrogens (tertiary/aromatic N) is 6. The third-order valence-corrected chi connectivity index (χ3v) is 10.4. The van der Waals surface area contributed by atoms with Crippen molar-refractivity contribution in [1.82, 2.24) is 24.3 Å². The Morgan fingerprint density at radius 1 is 1.10 bits per heavy atom. The number of nitriles is 1. The summed E-state index contributed by atoms with van der Waals surface area (Å²) in [6.07, 6.45) is 4.35. The SMILES string of the molecule is COc1nc(-c2cccc(-c3cccc(-c4cc5c(=N)n(CCN6CC[C@@H](C(=O)O)C6)cc(C#N)c5o4)c3C)c2Cl)cnc1CN1CC[C@@H](O)C1. The topological polar surface area (TPSA) is 165 Å². The van der Waals surface area contributed by atoms with Crippen LogP contribution >= 0.6 is 11.6 Å². The number of methoxy groups -OCH3 is 1. The smallest absolute Gasteiger partial charge is 0.307 e. The average Bonchev–Trinajstić information content (AvgIpc) is 3.89. The number of fused-ring (bicyclic) bond motifs is 1. The molecule has 5 heterocycles. The van der Waals surface area contributed by atoms with Crippen LogP contribution in [0.2, 0.25) is 5.02 Å². The summed E-state index contributed by atoms with van der Waals surface area (Å²) in [6, 6.07) is 15.7. The molecule has 0 spiro atoms. The standard InChI is InChI=1S/C38H38ClN7O5/c1-22-26(28-7-4-8-29(34(28)39)31-17-42-32(37(43-31)50-2)21-45-12-10-25(47)20-45)5-3-6-27(22)33-15-30-35(51-33)24(16-40)19-46(36(30)41)14-13-44-11-9-23(18-44)38(48)49/h3-8,15,17,19,23,25,41,47H,9-14,18,20-21H2,1-2H3,(H,48,49)/t23-,25-/m1/s1. The number of hydrogen-bond acceptors (Lipinski definition) is 10. The number of likely N-dealkylation sites (tertiary alicyclic amines) is 2. The van der Waals surface area contributed by atoms with Crippen molar-refractivity contribution in [1.29, 1.82) is 10.7 Å². The first kappa shape index (κ1) is 34.4. The lowest BCUT2D eigenvalue weighted by atomic mass is 9.94. The molecule has 2 fully saturated rings. The minimum Gasteiger partial charge on any atom is -0.481 e. The molecule has 0 radical (unpaired) electrons. The molecule has 2 aromatic carbocycles. The van der Waals surface area contributed by atoms with Crippen molar-refractivity contribution in [2.75, 3.05) is 39.8 Å². The van der Waals surface area contributed by atoms with E-state index in [1.807, 2.05) is 49.4 Å². The number of furan rings is 1. The second-order valence-electron chi connectivity index (χ2n) is 13.2. The van der Waals surface area contributed by atoms with Crippen molar-refractivity contribution >= 4 is 28.5 Å². The van der Waals surface area contributed by atoms with Gasteiger partial charge in [-0.25, -0.2) is 4.98 Å². The lowest BCUT2D eigenvalue weighted by Gasteiger charge is -2.17. The van der Waals surface area contributed by atoms with E-state index in [-0.39, 0.29) is 17.5 Å². The van der Waals surface area contributed by atoms with Crippen molar-refractivity contribution in [3.8, 4) is 45.7 Å². The zero-order valence-electron chi connectivity index (χ0n) is 28.4. The Bertz CT molecular complexity index is 2240. The number of ether oxygens (including phenoxy) is 1. The Morgan fingerprint density at radius 2 is 1.84 bits per heavy atom. The minimum atomic E-state index is -0.781. The average molecular weight is 708 g/mol. The van der Waals surface area contributed by atoms with Gasteiger partial charge in [0.15, 0.2) is 5.58 Å². The Labute approximate surface area is 299 Å². The van der Waals surface area contributed by atoms with Crippen LogP contribution in [-0.4, -0.2) is 86.5 Å². The van der Waals surface area contributed by atoms with Gasteiger partial charge in [-0.2, -0.15) is 5.26 Å². The summed E-state index contributed by atoms with van der Waals surface area (Å²) >= 11 is 7.12. The van der Waals surface area contributed by atoms with Gasteiger partial charge in [-0.15, -0.1) is 0 Å². The highest BCUT2D eigenvalue weighted by atomic mass is 35.5. The summed E-state index contributed by atoms with van der Waals surface area (Å²) in [5.74, 6) is -0.218. The predicted octanol–water partition coefficient (Wildman–Crippen LogP) is 5.32. The fraction of sp³-hybridized carbons (Fsp3) is 0.342. The van der Waals surface area contributed by atoms with E-state index in [0.717, 1.165) is 35.2 Å². The van der Waals surface area contributed by atoms with Crippen molar-refractivity contribution < 1.29 is 24.2 Å². The number of nitrogens with one attached hydrogen (secondary N) is 1. The van der Waals surface area contributed by atoms with Crippen LogP contribution < -0.4 is 10.2 Å². The van der Waals surface area contributed by atoms with Crippen LogP contribution in [0, 0.1) is 29.6 Å². The molecule has 3 aromatic heterocycles. The molecular formula is C38H38ClN7O5. The molecule has 7 rings (SSSR count). The molecule has 0 amide bonds. The van der Waals surface area contributed by atoms with Crippen molar-refractivity contribution in [3.05, 3.63) is 82.2 Å². The van der Waals surface area contributed by atoms with E-state index in [0.29, 0.717) is 95.8 Å². The Hall–Kier alpha value is -5.06. The summed E-state index contributed by atoms with van der Waals surface area (Å²) in [6.45, 7) is 6.09. The Morgan fingerprint density at radius 3 is 2.55 bits per heavy atom. The molecule has 2 aliphatic rings. The molecule has 0 bridgehead atoms. The summed E-state index contributed by atoms with van der Waals surface area (Å²) < 4.78 is 13.6. The van der Waals surface area contributed by atoms with Gasteiger partial charge in [-0.05, 0) is 43.5 Å². The van der Waals surface area contributed by atoms with Crippen LogP contribution in [0.1, 0.15) is 29.7 Å². The van der Waals surface area contributed by atoms with Crippen molar-refractivity contribution in [2.45, 2.75) is 39.0 Å². The summed E-state index contributed by atoms with van der Waals surface area (Å²) in [4.78, 5) is 25.0. The summed E-state index contributed by atoms with van der Waals surface area (Å²) in [7, 11) is 1.57. The highest BCUT2D eigenvalue weighted by Gasteiger charge is 2.28. The van der Waals surface area contributed by atoms with E-state index in [1.165, 1.54) is 0 Å². The number of halogens is 1. The molecule has 0 saturated carbocycles. The van der Waals surface area contributed by atoms with E-state index in [1.54, 1.807) is 24.1 Å². The van der Waals surface area contributed by atoms with Crippen molar-refractivity contribution in [3.63, 3.8) is 0 Å². The molecule has 5 aromatic rings. The maximum Gasteiger partial charge on any atom is 0.307 e. The monoisotopic (exact) mass is 707 g/mol. The minimum absolute atomic E-state index is 0.220. The number of pyridine rings is 1. The fourth-order valence-electron chi connectivity index (χ4n) is 7.17. The predicted molar refractivity (Wildman–Crippen MR) is 191 cm³/mol. The zero-order chi connectivity index (χ0) is 35.8. The van der Waals surface area contributed by atoms with E-state index >= 15 is 0 Å². The number of rotatable bonds is 10. The maximum atomic E-state index is 11.4. The Kier molecular flexibility index (Phi) is 9.63. The fourth-order valence-corrected chi connectivity index (χ4v) is 7.50. The van der Waals surface area contributed by atoms with Crippen molar-refractivity contribution in [2.24, 2.45) is 5.92 Å². The molecule has 51 heavy (non-hydrogen) atoms. The third-order valence-electron chi connectivity index (χ3n) is 9.99. The van der Waals surface area contributed by atoms with Gasteiger partial charge in [0.25, 0.3) is 0 Å². The number of aliphatic hydroxyl groups excluding tert-OH is 1. The van der Waals surface area contributed by atoms with E-state index < -0.39 is 5.97 Å². The number of aliphatic carboxylic acids is 1. The number of carboxylic acids is 1. The highest BCUT2D eigenvalue weighted by molar-refractivity contribution is 6.36. The number of aliphatic hydroxyl groups is 1. The number of benzene rings is 2. The molecule has 3 N–H and O–H groups in total. The van der Waals surface area contributed by atoms with Crippen LogP contribution in [0.15, 0.2) is 59.3 Å². The quantitative estimate of drug-likeness (QED) is 0.173. The highest BCUT2D eigenvalue weighted by Crippen LogP contribution is 2.40. The zero-order valence-corrected chi connectivity index (χ0v) is 29.2. The molecule has 2 aliphatic heterocycles. The molecule has 262 valence electrons. The van der Waals surface area contributed by atoms with Crippen LogP contribution in [0.5, 0.6) is 5.88 Å². The van der Waals surface area contributed by atoms with E-state index in [2.05, 4.69) is 20.9 Å². The lowest BCUT2D eigenvalue weighted by molar-refractivity contribution is -0.141. The van der Waals surface area contributed by atoms with Gasteiger partial charge in [0, 0.05) is 62.2 Å². The van der Waals surface area contributed by atoms with Crippen LogP contribution in [-0.2, 0) is 17.9 Å². The van der Waals surface area contributed by atoms with Gasteiger partial charge >= 0.3 is 5.97 Å². The van der Waals surface area contributed by atoms with Gasteiger partial charge in [-0.3, -0.25) is 20.1 Å². The van der Waals surface area contributed by atoms with Gasteiger partial charge in [-0.1, -0.05) is 48.0 Å². The molecule has 2 saturated heterocycles. The Balaban J connectivity index is 1.19. The number of β-amino-alcohol motifs (C(OH)–C–C–N with tert-alkyl or cyclic N) is 1. The van der Waals surface area contributed by atoms with Crippen LogP contribution in [0.4, 0.5) is 0 Å². The largest absolute Gasteiger partial charge is 0.481 e. The first-order chi connectivity index (χ1) is 24.6. The van der Waals surface area contributed by atoms with Crippen LogP contribution in [0.3, 0.4) is 0 Å². The number of hydrogen-bond donors (Lipinski definition) is 3. The van der Waals surface area contributed by atoms with E-state index in [4.69, 9.17) is 31.1 Å². The molecule has 0 unspecified atom stereocenters. The number of carbonyl (C=O) groups is 1. The second-order valence-corrected chi connectivity index (χ2v) is 13.6. The number of aromatic nitrogens is 3. The molecule has 0 aliphatic carbocycles. The maximum absolute atomic E-state index is 11.4. The summed E-state index contributed by atoms with van der Waals surface area (Å²) in [5, 5.41) is 39.3. The van der Waals surface area contributed by atoms with Gasteiger partial charge in [0.2, 0.25) is 5.88 Å². The van der Waals surface area contributed by atoms with E-state index in [9.17, 15) is 20.3 Å². The summed E-state index contributed by atoms with van der Waals surface area (Å²) in [5.41, 5.74) is 6.24. The second kappa shape index (κ2) is 14.3. The van der Waals surface area contributed by atoms with Gasteiger partial charge < -0.3 is 28.8 Å². The number of carboxylic acid groups (broad SMARTS) is 1. The molecular weight excluding hydrogens is 670 g/mol. The van der Waals surface area contributed by atoms with Gasteiger partial charge in [0.05, 0.1) is 41.4 Å². The lowest BCUT2D eigenvalue weighted by Crippen LogP contribution is -2.30. The molecule has 12 nitrogen and oxygen atoms in total. The van der Waals surface area contributed by atoms with Gasteiger partial charge in [0.1, 0.15) is 28.6 Å². The van der Waals surface area contributed by atoms with Crippen LogP contribution in [0.25, 0.3) is 44.7 Å². The normalized spacial score (nSPS) is 18.0. The first-order valence-corrected chi connectivity index (χ1v) is 17.3. The molecule has 13 heteroatoms.